The van der Waals surface area contributed by atoms with Crippen LogP contribution in [0.2, 0.25) is 28.2 Å². The van der Waals surface area contributed by atoms with Gasteiger partial charge in [0.05, 0.1) is 22.1 Å². The Labute approximate surface area is 150 Å². The molecule has 0 amide bonds. The normalized spacial score (nSPS) is 15.3. The van der Waals surface area contributed by atoms with Crippen molar-refractivity contribution >= 4 is 37.5 Å². The van der Waals surface area contributed by atoms with E-state index in [0.29, 0.717) is 16.5 Å². The largest absolute Gasteiger partial charge is 0.481 e. The number of aliphatic carboxylic acids is 1. The maximum atomic E-state index is 11.7. The van der Waals surface area contributed by atoms with E-state index < -0.39 is 20.2 Å². The number of benzene rings is 1. The highest BCUT2D eigenvalue weighted by molar-refractivity contribution is 6.74. The highest BCUT2D eigenvalue weighted by atomic mass is 35.5. The molecule has 0 aliphatic rings. The molecule has 1 aromatic rings. The topological polar surface area (TPSA) is 46.5 Å². The van der Waals surface area contributed by atoms with Crippen LogP contribution in [-0.4, -0.2) is 25.5 Å². The molecule has 23 heavy (non-hydrogen) atoms. The maximum Gasteiger partial charge on any atom is 0.309 e. The van der Waals surface area contributed by atoms with Gasteiger partial charge in [-0.2, -0.15) is 0 Å². The minimum absolute atomic E-state index is 0.0356. The van der Waals surface area contributed by atoms with E-state index in [9.17, 15) is 9.90 Å². The summed E-state index contributed by atoms with van der Waals surface area (Å²) in [7, 11) is -2.02. The van der Waals surface area contributed by atoms with Crippen molar-refractivity contribution in [2.24, 2.45) is 5.92 Å². The average molecular weight is 377 g/mol. The molecule has 1 rings (SSSR count). The first-order chi connectivity index (χ1) is 10.3. The molecule has 0 saturated heterocycles. The van der Waals surface area contributed by atoms with Gasteiger partial charge in [-0.25, -0.2) is 0 Å². The molecule has 130 valence electrons. The monoisotopic (exact) mass is 376 g/mol. The molecular formula is C17H26Cl2O3Si. The lowest BCUT2D eigenvalue weighted by Gasteiger charge is -2.39. The molecule has 0 radical (unpaired) electrons. The fourth-order valence-electron chi connectivity index (χ4n) is 2.10. The van der Waals surface area contributed by atoms with Gasteiger partial charge >= 0.3 is 5.97 Å². The summed E-state index contributed by atoms with van der Waals surface area (Å²) in [6.45, 7) is 12.5. The van der Waals surface area contributed by atoms with Crippen LogP contribution in [0.15, 0.2) is 18.2 Å². The van der Waals surface area contributed by atoms with Crippen molar-refractivity contribution in [2.75, 3.05) is 0 Å². The second-order valence-corrected chi connectivity index (χ2v) is 13.1. The summed E-state index contributed by atoms with van der Waals surface area (Å²) in [5.41, 5.74) is 0.845. The highest BCUT2D eigenvalue weighted by Gasteiger charge is 2.40. The van der Waals surface area contributed by atoms with Gasteiger partial charge in [0, 0.05) is 0 Å². The SMILES string of the molecule is C[C@@H](O[Si](C)(C)C(C)(C)C)[C@@H](Cc1ccc(Cl)c(Cl)c1)C(=O)O. The summed E-state index contributed by atoms with van der Waals surface area (Å²) in [6, 6.07) is 5.22. The zero-order chi connectivity index (χ0) is 18.0. The lowest BCUT2D eigenvalue weighted by Crippen LogP contribution is -2.46. The van der Waals surface area contributed by atoms with E-state index in [1.54, 1.807) is 12.1 Å². The number of rotatable bonds is 6. The lowest BCUT2D eigenvalue weighted by atomic mass is 9.95. The second kappa shape index (κ2) is 7.56. The average Bonchev–Trinajstić information content (AvgIpc) is 2.37. The molecular weight excluding hydrogens is 351 g/mol. The van der Waals surface area contributed by atoms with Crippen LogP contribution in [0, 0.1) is 5.92 Å². The Morgan fingerprint density at radius 2 is 1.83 bits per heavy atom. The van der Waals surface area contributed by atoms with Gasteiger partial charge in [-0.1, -0.05) is 50.0 Å². The predicted octanol–water partition coefficient (Wildman–Crippen LogP) is 5.65. The van der Waals surface area contributed by atoms with Crippen LogP contribution in [0.3, 0.4) is 0 Å². The number of hydrogen-bond acceptors (Lipinski definition) is 2. The lowest BCUT2D eigenvalue weighted by molar-refractivity contribution is -0.144. The van der Waals surface area contributed by atoms with E-state index in [1.165, 1.54) is 0 Å². The zero-order valence-corrected chi connectivity index (χ0v) is 17.1. The van der Waals surface area contributed by atoms with Crippen molar-refractivity contribution < 1.29 is 14.3 Å². The van der Waals surface area contributed by atoms with E-state index in [1.807, 2.05) is 13.0 Å². The van der Waals surface area contributed by atoms with Crippen molar-refractivity contribution in [3.05, 3.63) is 33.8 Å². The van der Waals surface area contributed by atoms with Gasteiger partial charge in [-0.3, -0.25) is 4.79 Å². The van der Waals surface area contributed by atoms with E-state index in [4.69, 9.17) is 27.6 Å². The Balaban J connectivity index is 2.94. The summed E-state index contributed by atoms with van der Waals surface area (Å²) in [5, 5.41) is 10.5. The fraction of sp³-hybridized carbons (Fsp3) is 0.588. The summed E-state index contributed by atoms with van der Waals surface area (Å²) in [4.78, 5) is 11.7. The Morgan fingerprint density at radius 3 is 2.26 bits per heavy atom. The minimum Gasteiger partial charge on any atom is -0.481 e. The van der Waals surface area contributed by atoms with Crippen molar-refractivity contribution in [1.82, 2.24) is 0 Å². The van der Waals surface area contributed by atoms with Gasteiger partial charge in [0.25, 0.3) is 0 Å². The van der Waals surface area contributed by atoms with Crippen molar-refractivity contribution in [1.29, 1.82) is 0 Å². The van der Waals surface area contributed by atoms with Crippen LogP contribution in [0.1, 0.15) is 33.3 Å². The molecule has 6 heteroatoms. The van der Waals surface area contributed by atoms with Crippen LogP contribution in [0.5, 0.6) is 0 Å². The van der Waals surface area contributed by atoms with Gasteiger partial charge in [0.2, 0.25) is 0 Å². The van der Waals surface area contributed by atoms with Crippen LogP contribution in [-0.2, 0) is 15.6 Å². The van der Waals surface area contributed by atoms with Crippen molar-refractivity contribution in [2.45, 2.75) is 58.4 Å². The molecule has 0 aliphatic heterocycles. The predicted molar refractivity (Wildman–Crippen MR) is 99.0 cm³/mol. The molecule has 0 bridgehead atoms. The third-order valence-electron chi connectivity index (χ3n) is 4.61. The van der Waals surface area contributed by atoms with Gasteiger partial charge in [0.1, 0.15) is 0 Å². The molecule has 1 N–H and O–H groups in total. The van der Waals surface area contributed by atoms with Crippen molar-refractivity contribution in [3.8, 4) is 0 Å². The van der Waals surface area contributed by atoms with Gasteiger partial charge in [-0.05, 0) is 49.2 Å². The Kier molecular flexibility index (Phi) is 6.73. The van der Waals surface area contributed by atoms with Gasteiger partial charge in [-0.15, -0.1) is 0 Å². The fourth-order valence-corrected chi connectivity index (χ4v) is 3.87. The first kappa shape index (κ1) is 20.5. The maximum absolute atomic E-state index is 11.7. The molecule has 0 aromatic heterocycles. The van der Waals surface area contributed by atoms with Crippen LogP contribution >= 0.6 is 23.2 Å². The molecule has 0 unspecified atom stereocenters. The summed E-state index contributed by atoms with van der Waals surface area (Å²) in [6.07, 6.45) is -0.00926. The molecule has 0 spiro atoms. The number of halogens is 2. The minimum atomic E-state index is -2.02. The zero-order valence-electron chi connectivity index (χ0n) is 14.6. The molecule has 0 fully saturated rings. The molecule has 0 heterocycles. The Hall–Kier alpha value is -0.553. The molecule has 2 atom stereocenters. The smallest absolute Gasteiger partial charge is 0.309 e. The van der Waals surface area contributed by atoms with E-state index in [2.05, 4.69) is 33.9 Å². The van der Waals surface area contributed by atoms with Crippen LogP contribution < -0.4 is 0 Å². The number of carboxylic acid groups (broad SMARTS) is 1. The number of carboxylic acids is 1. The first-order valence-electron chi connectivity index (χ1n) is 7.69. The van der Waals surface area contributed by atoms with E-state index >= 15 is 0 Å². The van der Waals surface area contributed by atoms with Gasteiger partial charge in [0.15, 0.2) is 8.32 Å². The molecule has 0 aliphatic carbocycles. The standard InChI is InChI=1S/C17H26Cl2O3Si/c1-11(22-23(5,6)17(2,3)4)13(16(20)21)9-12-7-8-14(18)15(19)10-12/h7-8,10-11,13H,9H2,1-6H3,(H,20,21)/t11-,13-/m1/s1. The van der Waals surface area contributed by atoms with Gasteiger partial charge < -0.3 is 9.53 Å². The first-order valence-corrected chi connectivity index (χ1v) is 11.4. The summed E-state index contributed by atoms with van der Waals surface area (Å²) >= 11 is 11.9. The second-order valence-electron chi connectivity index (χ2n) is 7.48. The summed E-state index contributed by atoms with van der Waals surface area (Å²) in [5.74, 6) is -1.48. The quantitative estimate of drug-likeness (QED) is 0.652. The Morgan fingerprint density at radius 1 is 1.26 bits per heavy atom. The third kappa shape index (κ3) is 5.49. The molecule has 0 saturated carbocycles. The van der Waals surface area contributed by atoms with Crippen LogP contribution in [0.25, 0.3) is 0 Å². The molecule has 1 aromatic carbocycles. The highest BCUT2D eigenvalue weighted by Crippen LogP contribution is 2.38. The molecule has 3 nitrogen and oxygen atoms in total. The number of hydrogen-bond donors (Lipinski definition) is 1. The third-order valence-corrected chi connectivity index (χ3v) is 9.92. The Bertz CT molecular complexity index is 567. The summed E-state index contributed by atoms with van der Waals surface area (Å²) < 4.78 is 6.25. The van der Waals surface area contributed by atoms with Crippen molar-refractivity contribution in [3.63, 3.8) is 0 Å². The number of carbonyl (C=O) groups is 1. The van der Waals surface area contributed by atoms with E-state index in [-0.39, 0.29) is 11.1 Å². The van der Waals surface area contributed by atoms with Crippen LogP contribution in [0.4, 0.5) is 0 Å². The van der Waals surface area contributed by atoms with E-state index in [0.717, 1.165) is 5.56 Å².